The molecule has 2 heterocycles. The molecule has 2 aliphatic heterocycles. The van der Waals surface area contributed by atoms with Crippen LogP contribution in [0.4, 0.5) is 17.6 Å². The zero-order valence-electron chi connectivity index (χ0n) is 16.8. The number of alkyl halides is 3. The smallest absolute Gasteiger partial charge is 0.374 e. The zero-order valence-corrected chi connectivity index (χ0v) is 18.4. The van der Waals surface area contributed by atoms with Gasteiger partial charge in [-0.2, -0.15) is 13.2 Å². The summed E-state index contributed by atoms with van der Waals surface area (Å²) in [4.78, 5) is 18.4. The van der Waals surface area contributed by atoms with Gasteiger partial charge in [0, 0.05) is 37.4 Å². The normalized spacial score (nSPS) is 21.2. The zero-order chi connectivity index (χ0) is 23.3. The Morgan fingerprint density at radius 2 is 1.78 bits per heavy atom. The van der Waals surface area contributed by atoms with Crippen LogP contribution >= 0.6 is 23.2 Å². The fourth-order valence-electron chi connectivity index (χ4n) is 3.91. The lowest BCUT2D eigenvalue weighted by molar-refractivity contribution is -0.275. The summed E-state index contributed by atoms with van der Waals surface area (Å²) < 4.78 is 56.0. The van der Waals surface area contributed by atoms with Crippen LogP contribution in [0.2, 0.25) is 10.0 Å². The molecule has 0 N–H and O–H groups in total. The standard InChI is InChI=1S/C22H18Cl2F4N2O2/c1-2-19(31)30-10-14(11-30)12-3-5-13(6-4-12)18-9-21(32-29-18,22(26,27)28)15-7-16(23)20(25)17(24)8-15/h3-8,14H,2,9-11H2,1H3. The summed E-state index contributed by atoms with van der Waals surface area (Å²) in [5, 5.41) is 2.64. The molecular weight excluding hydrogens is 471 g/mol. The molecule has 0 saturated carbocycles. The van der Waals surface area contributed by atoms with Gasteiger partial charge in [-0.05, 0) is 23.3 Å². The molecule has 2 aliphatic rings. The first-order valence-electron chi connectivity index (χ1n) is 9.90. The number of benzene rings is 2. The number of oxime groups is 1. The van der Waals surface area contributed by atoms with Crippen LogP contribution in [0.3, 0.4) is 0 Å². The molecule has 10 heteroatoms. The Balaban J connectivity index is 1.55. The molecule has 4 rings (SSSR count). The first kappa shape index (κ1) is 22.9. The number of hydrogen-bond donors (Lipinski definition) is 0. The summed E-state index contributed by atoms with van der Waals surface area (Å²) in [6.45, 7) is 3.06. The summed E-state index contributed by atoms with van der Waals surface area (Å²) in [6.07, 6.45) is -5.02. The Hall–Kier alpha value is -2.32. The number of nitrogens with zero attached hydrogens (tertiary/aromatic N) is 2. The van der Waals surface area contributed by atoms with Gasteiger partial charge in [-0.15, -0.1) is 0 Å². The Morgan fingerprint density at radius 1 is 1.19 bits per heavy atom. The molecule has 0 radical (unpaired) electrons. The van der Waals surface area contributed by atoms with Crippen molar-refractivity contribution in [1.82, 2.24) is 4.90 Å². The third kappa shape index (κ3) is 3.83. The highest BCUT2D eigenvalue weighted by atomic mass is 35.5. The van der Waals surface area contributed by atoms with E-state index in [-0.39, 0.29) is 17.5 Å². The van der Waals surface area contributed by atoms with Crippen LogP contribution in [0.15, 0.2) is 41.6 Å². The Kier molecular flexibility index (Phi) is 5.88. The van der Waals surface area contributed by atoms with Gasteiger partial charge in [-0.1, -0.05) is 59.5 Å². The Labute approximate surface area is 191 Å². The highest BCUT2D eigenvalue weighted by Crippen LogP contribution is 2.50. The maximum absolute atomic E-state index is 14.1. The number of likely N-dealkylation sites (tertiary alicyclic amines) is 1. The van der Waals surface area contributed by atoms with Crippen LogP contribution in [-0.2, 0) is 15.2 Å². The van der Waals surface area contributed by atoms with Gasteiger partial charge < -0.3 is 9.74 Å². The Morgan fingerprint density at radius 3 is 2.31 bits per heavy atom. The second-order valence-corrected chi connectivity index (χ2v) is 8.67. The predicted octanol–water partition coefficient (Wildman–Crippen LogP) is 6.05. The molecule has 1 unspecified atom stereocenters. The minimum absolute atomic E-state index is 0.0971. The lowest BCUT2D eigenvalue weighted by Gasteiger charge is -2.39. The molecule has 2 aromatic rings. The molecule has 1 atom stereocenters. The van der Waals surface area contributed by atoms with E-state index < -0.39 is 39.6 Å². The van der Waals surface area contributed by atoms with Crippen LogP contribution in [0.1, 0.15) is 42.4 Å². The van der Waals surface area contributed by atoms with E-state index in [9.17, 15) is 22.4 Å². The van der Waals surface area contributed by atoms with E-state index >= 15 is 0 Å². The van der Waals surface area contributed by atoms with Crippen molar-refractivity contribution in [1.29, 1.82) is 0 Å². The van der Waals surface area contributed by atoms with Crippen LogP contribution in [-0.4, -0.2) is 35.8 Å². The number of amides is 1. The molecule has 1 amide bonds. The van der Waals surface area contributed by atoms with E-state index in [0.717, 1.165) is 17.7 Å². The molecule has 2 aromatic carbocycles. The fourth-order valence-corrected chi connectivity index (χ4v) is 4.40. The highest BCUT2D eigenvalue weighted by Gasteiger charge is 2.62. The van der Waals surface area contributed by atoms with E-state index in [4.69, 9.17) is 28.0 Å². The minimum Gasteiger partial charge on any atom is -0.374 e. The molecule has 0 bridgehead atoms. The van der Waals surface area contributed by atoms with E-state index in [1.54, 1.807) is 17.0 Å². The third-order valence-corrected chi connectivity index (χ3v) is 6.44. The van der Waals surface area contributed by atoms with Crippen LogP contribution < -0.4 is 0 Å². The van der Waals surface area contributed by atoms with Crippen LogP contribution in [0, 0.1) is 5.82 Å². The molecular formula is C22H18Cl2F4N2O2. The van der Waals surface area contributed by atoms with E-state index in [1.807, 2.05) is 19.1 Å². The number of carbonyl (C=O) groups is 1. The van der Waals surface area contributed by atoms with Crippen molar-refractivity contribution >= 4 is 34.8 Å². The van der Waals surface area contributed by atoms with Gasteiger partial charge in [-0.25, -0.2) is 4.39 Å². The molecule has 0 spiro atoms. The largest absolute Gasteiger partial charge is 0.435 e. The van der Waals surface area contributed by atoms with Crippen molar-refractivity contribution in [3.05, 3.63) is 69.0 Å². The molecule has 0 aromatic heterocycles. The first-order chi connectivity index (χ1) is 15.1. The van der Waals surface area contributed by atoms with Crippen LogP contribution in [0.25, 0.3) is 0 Å². The van der Waals surface area contributed by atoms with E-state index in [1.165, 1.54) is 0 Å². The second kappa shape index (κ2) is 8.23. The van der Waals surface area contributed by atoms with Crippen molar-refractivity contribution in [3.8, 4) is 0 Å². The quantitative estimate of drug-likeness (QED) is 0.388. The topological polar surface area (TPSA) is 41.9 Å². The molecule has 0 aliphatic carbocycles. The lowest BCUT2D eigenvalue weighted by Crippen LogP contribution is -2.48. The maximum Gasteiger partial charge on any atom is 0.435 e. The minimum atomic E-state index is -4.86. The van der Waals surface area contributed by atoms with Gasteiger partial charge in [0.1, 0.15) is 0 Å². The molecule has 32 heavy (non-hydrogen) atoms. The molecule has 1 fully saturated rings. The van der Waals surface area contributed by atoms with Gasteiger partial charge in [0.25, 0.3) is 5.60 Å². The average Bonchev–Trinajstić information content (AvgIpc) is 3.18. The highest BCUT2D eigenvalue weighted by molar-refractivity contribution is 6.35. The van der Waals surface area contributed by atoms with Gasteiger partial charge in [-0.3, -0.25) is 4.79 Å². The first-order valence-corrected chi connectivity index (χ1v) is 10.7. The van der Waals surface area contributed by atoms with Crippen molar-refractivity contribution in [2.75, 3.05) is 13.1 Å². The summed E-state index contributed by atoms with van der Waals surface area (Å²) in [6, 6.07) is 8.71. The van der Waals surface area contributed by atoms with Crippen molar-refractivity contribution in [2.45, 2.75) is 37.5 Å². The SMILES string of the molecule is CCC(=O)N1CC(c2ccc(C3=NOC(c4cc(Cl)c(F)c(Cl)c4)(C(F)(F)F)C3)cc2)C1. The predicted molar refractivity (Wildman–Crippen MR) is 112 cm³/mol. The molecule has 170 valence electrons. The fraction of sp³-hybridized carbons (Fsp3) is 0.364. The number of rotatable bonds is 4. The summed E-state index contributed by atoms with van der Waals surface area (Å²) in [7, 11) is 0. The average molecular weight is 489 g/mol. The monoisotopic (exact) mass is 488 g/mol. The van der Waals surface area contributed by atoms with E-state index in [2.05, 4.69) is 5.16 Å². The van der Waals surface area contributed by atoms with Crippen molar-refractivity contribution < 1.29 is 27.2 Å². The van der Waals surface area contributed by atoms with Gasteiger partial charge in [0.05, 0.1) is 15.8 Å². The van der Waals surface area contributed by atoms with Crippen molar-refractivity contribution in [2.24, 2.45) is 5.16 Å². The second-order valence-electron chi connectivity index (χ2n) is 7.86. The third-order valence-electron chi connectivity index (χ3n) is 5.89. The Bertz CT molecular complexity index is 1060. The summed E-state index contributed by atoms with van der Waals surface area (Å²) in [5.41, 5.74) is -1.68. The number of carbonyl (C=O) groups excluding carboxylic acids is 1. The van der Waals surface area contributed by atoms with Crippen LogP contribution in [0.5, 0.6) is 0 Å². The lowest BCUT2D eigenvalue weighted by atomic mass is 9.85. The van der Waals surface area contributed by atoms with Crippen molar-refractivity contribution in [3.63, 3.8) is 0 Å². The maximum atomic E-state index is 14.1. The summed E-state index contributed by atoms with van der Waals surface area (Å²) in [5.74, 6) is -0.710. The molecule has 1 saturated heterocycles. The van der Waals surface area contributed by atoms with E-state index in [0.29, 0.717) is 25.1 Å². The summed E-state index contributed by atoms with van der Waals surface area (Å²) >= 11 is 11.4. The van der Waals surface area contributed by atoms with Gasteiger partial charge >= 0.3 is 6.18 Å². The number of hydrogen-bond acceptors (Lipinski definition) is 3. The number of halogens is 6. The molecule has 4 nitrogen and oxygen atoms in total. The van der Waals surface area contributed by atoms with Gasteiger partial charge in [0.2, 0.25) is 5.91 Å². The van der Waals surface area contributed by atoms with Gasteiger partial charge in [0.15, 0.2) is 5.82 Å².